The first kappa shape index (κ1) is 11.8. The molecule has 0 aromatic carbocycles. The average molecular weight is 190 g/mol. The smallest absolute Gasteiger partial charge is 0.219 e. The molecule has 4 heteroatoms. The molecule has 1 amide bonds. The Balaban J connectivity index is 3.56. The summed E-state index contributed by atoms with van der Waals surface area (Å²) in [6.07, 6.45) is 3.57. The van der Waals surface area contributed by atoms with E-state index in [0.717, 1.165) is 6.42 Å². The van der Waals surface area contributed by atoms with E-state index in [4.69, 9.17) is 0 Å². The van der Waals surface area contributed by atoms with Crippen molar-refractivity contribution in [1.29, 1.82) is 0 Å². The second-order valence-electron chi connectivity index (χ2n) is 2.79. The molecular formula is C8H18N2OS. The molecule has 0 aromatic heterocycles. The lowest BCUT2D eigenvalue weighted by atomic mass is 10.2. The molecule has 0 radical (unpaired) electrons. The Morgan fingerprint density at radius 1 is 1.67 bits per heavy atom. The van der Waals surface area contributed by atoms with Gasteiger partial charge in [-0.1, -0.05) is 11.9 Å². The maximum Gasteiger partial charge on any atom is 0.219 e. The van der Waals surface area contributed by atoms with Crippen LogP contribution in [0, 0.1) is 0 Å². The summed E-state index contributed by atoms with van der Waals surface area (Å²) in [6, 6.07) is 0.456. The Bertz CT molecular complexity index is 141. The average Bonchev–Trinajstić information content (AvgIpc) is 2.11. The summed E-state index contributed by atoms with van der Waals surface area (Å²) in [6.45, 7) is 2.12. The number of nitrogens with zero attached hydrogens (tertiary/aromatic N) is 1. The minimum atomic E-state index is 0.122. The minimum absolute atomic E-state index is 0.122. The van der Waals surface area contributed by atoms with Gasteiger partial charge in [0.2, 0.25) is 5.91 Å². The van der Waals surface area contributed by atoms with Gasteiger partial charge < -0.3 is 5.32 Å². The second kappa shape index (κ2) is 6.31. The van der Waals surface area contributed by atoms with Crippen molar-refractivity contribution in [2.75, 3.05) is 20.4 Å². The SMILES string of the molecule is CNC(=O)CCC(C)N(C)SC. The van der Waals surface area contributed by atoms with E-state index in [2.05, 4.69) is 16.5 Å². The number of nitrogens with one attached hydrogen (secondary N) is 1. The zero-order valence-electron chi connectivity index (χ0n) is 8.26. The minimum Gasteiger partial charge on any atom is -0.359 e. The van der Waals surface area contributed by atoms with Gasteiger partial charge in [-0.05, 0) is 26.6 Å². The van der Waals surface area contributed by atoms with Crippen LogP contribution in [0.15, 0.2) is 0 Å². The molecule has 0 bridgehead atoms. The van der Waals surface area contributed by atoms with Gasteiger partial charge in [0.1, 0.15) is 0 Å². The highest BCUT2D eigenvalue weighted by molar-refractivity contribution is 7.96. The Hall–Kier alpha value is -0.220. The van der Waals surface area contributed by atoms with Crippen LogP contribution < -0.4 is 5.32 Å². The van der Waals surface area contributed by atoms with E-state index in [1.54, 1.807) is 19.0 Å². The Morgan fingerprint density at radius 2 is 2.25 bits per heavy atom. The lowest BCUT2D eigenvalue weighted by molar-refractivity contribution is -0.120. The number of rotatable bonds is 5. The van der Waals surface area contributed by atoms with E-state index in [9.17, 15) is 4.79 Å². The molecule has 3 nitrogen and oxygen atoms in total. The van der Waals surface area contributed by atoms with Crippen LogP contribution in [0.5, 0.6) is 0 Å². The monoisotopic (exact) mass is 190 g/mol. The summed E-state index contributed by atoms with van der Waals surface area (Å²) >= 11 is 1.69. The fraction of sp³-hybridized carbons (Fsp3) is 0.875. The van der Waals surface area contributed by atoms with Crippen molar-refractivity contribution in [3.63, 3.8) is 0 Å². The molecule has 12 heavy (non-hydrogen) atoms. The van der Waals surface area contributed by atoms with E-state index in [-0.39, 0.29) is 5.91 Å². The van der Waals surface area contributed by atoms with Gasteiger partial charge >= 0.3 is 0 Å². The van der Waals surface area contributed by atoms with E-state index in [1.807, 2.05) is 13.3 Å². The number of hydrogen-bond acceptors (Lipinski definition) is 3. The van der Waals surface area contributed by atoms with Crippen LogP contribution in [0.2, 0.25) is 0 Å². The normalized spacial score (nSPS) is 13.1. The van der Waals surface area contributed by atoms with Crippen molar-refractivity contribution >= 4 is 17.9 Å². The Kier molecular flexibility index (Phi) is 6.20. The van der Waals surface area contributed by atoms with Crippen molar-refractivity contribution < 1.29 is 4.79 Å². The lowest BCUT2D eigenvalue weighted by Gasteiger charge is -2.21. The Labute approximate surface area is 79.0 Å². The first-order valence-corrected chi connectivity index (χ1v) is 5.27. The molecule has 0 rings (SSSR count). The molecule has 1 unspecified atom stereocenters. The van der Waals surface area contributed by atoms with Crippen LogP contribution >= 0.6 is 11.9 Å². The number of carbonyl (C=O) groups excluding carboxylic acids is 1. The molecule has 0 aromatic rings. The molecule has 72 valence electrons. The first-order valence-electron chi connectivity index (χ1n) is 4.09. The number of carbonyl (C=O) groups is 1. The van der Waals surface area contributed by atoms with E-state index in [0.29, 0.717) is 12.5 Å². The topological polar surface area (TPSA) is 32.3 Å². The molecule has 0 spiro atoms. The molecule has 0 aliphatic heterocycles. The maximum absolute atomic E-state index is 10.9. The zero-order chi connectivity index (χ0) is 9.56. The van der Waals surface area contributed by atoms with Gasteiger partial charge in [0.05, 0.1) is 0 Å². The molecule has 1 N–H and O–H groups in total. The number of amides is 1. The van der Waals surface area contributed by atoms with Crippen LogP contribution in [0.4, 0.5) is 0 Å². The first-order chi connectivity index (χ1) is 5.61. The van der Waals surface area contributed by atoms with Gasteiger partial charge in [-0.25, -0.2) is 0 Å². The maximum atomic E-state index is 10.9. The fourth-order valence-corrected chi connectivity index (χ4v) is 1.29. The molecule has 0 fully saturated rings. The van der Waals surface area contributed by atoms with Crippen LogP contribution in [0.1, 0.15) is 19.8 Å². The van der Waals surface area contributed by atoms with E-state index in [1.165, 1.54) is 0 Å². The van der Waals surface area contributed by atoms with Crippen LogP contribution in [0.25, 0.3) is 0 Å². The fourth-order valence-electron chi connectivity index (χ4n) is 0.827. The number of hydrogen-bond donors (Lipinski definition) is 1. The summed E-state index contributed by atoms with van der Waals surface area (Å²) in [5.74, 6) is 0.122. The summed E-state index contributed by atoms with van der Waals surface area (Å²) in [5, 5.41) is 2.61. The van der Waals surface area contributed by atoms with Crippen LogP contribution in [-0.2, 0) is 4.79 Å². The highest BCUT2D eigenvalue weighted by Gasteiger charge is 2.09. The standard InChI is InChI=1S/C8H18N2OS/c1-7(10(3)12-4)5-6-8(11)9-2/h7H,5-6H2,1-4H3,(H,9,11). The van der Waals surface area contributed by atoms with Crippen molar-refractivity contribution in [1.82, 2.24) is 9.62 Å². The van der Waals surface area contributed by atoms with Gasteiger partial charge in [0.25, 0.3) is 0 Å². The molecule has 0 aliphatic carbocycles. The third-order valence-corrected chi connectivity index (χ3v) is 2.91. The summed E-state index contributed by atoms with van der Waals surface area (Å²) in [4.78, 5) is 10.9. The second-order valence-corrected chi connectivity index (χ2v) is 3.73. The molecule has 0 saturated heterocycles. The quantitative estimate of drug-likeness (QED) is 0.659. The predicted molar refractivity (Wildman–Crippen MR) is 54.0 cm³/mol. The van der Waals surface area contributed by atoms with Crippen LogP contribution in [0.3, 0.4) is 0 Å². The largest absolute Gasteiger partial charge is 0.359 e. The van der Waals surface area contributed by atoms with Gasteiger partial charge in [-0.3, -0.25) is 9.10 Å². The van der Waals surface area contributed by atoms with E-state index < -0.39 is 0 Å². The highest BCUT2D eigenvalue weighted by Crippen LogP contribution is 2.11. The summed E-state index contributed by atoms with van der Waals surface area (Å²) in [7, 11) is 3.71. The highest BCUT2D eigenvalue weighted by atomic mass is 32.2. The molecule has 0 saturated carbocycles. The molecule has 0 aliphatic rings. The molecule has 0 heterocycles. The van der Waals surface area contributed by atoms with Crippen molar-refractivity contribution in [3.8, 4) is 0 Å². The third kappa shape index (κ3) is 4.62. The molecular weight excluding hydrogens is 172 g/mol. The van der Waals surface area contributed by atoms with Crippen molar-refractivity contribution in [2.45, 2.75) is 25.8 Å². The van der Waals surface area contributed by atoms with Gasteiger partial charge in [0, 0.05) is 19.5 Å². The van der Waals surface area contributed by atoms with Gasteiger partial charge in [-0.2, -0.15) is 0 Å². The summed E-state index contributed by atoms with van der Waals surface area (Å²) in [5.41, 5.74) is 0. The molecule has 1 atom stereocenters. The lowest BCUT2D eigenvalue weighted by Crippen LogP contribution is -2.25. The van der Waals surface area contributed by atoms with Crippen molar-refractivity contribution in [3.05, 3.63) is 0 Å². The Morgan fingerprint density at radius 3 is 2.67 bits per heavy atom. The van der Waals surface area contributed by atoms with Gasteiger partial charge in [-0.15, -0.1) is 0 Å². The predicted octanol–water partition coefficient (Wildman–Crippen LogP) is 1.11. The van der Waals surface area contributed by atoms with Crippen LogP contribution in [-0.4, -0.2) is 36.6 Å². The van der Waals surface area contributed by atoms with E-state index >= 15 is 0 Å². The zero-order valence-corrected chi connectivity index (χ0v) is 9.07. The van der Waals surface area contributed by atoms with Crippen molar-refractivity contribution in [2.24, 2.45) is 0 Å². The third-order valence-electron chi connectivity index (χ3n) is 1.98. The summed E-state index contributed by atoms with van der Waals surface area (Å²) < 4.78 is 2.16. The van der Waals surface area contributed by atoms with Gasteiger partial charge in [0.15, 0.2) is 0 Å².